The van der Waals surface area contributed by atoms with Crippen LogP contribution in [0.2, 0.25) is 0 Å². The van der Waals surface area contributed by atoms with E-state index in [1.54, 1.807) is 7.11 Å². The Morgan fingerprint density at radius 3 is 2.55 bits per heavy atom. The molecule has 3 nitrogen and oxygen atoms in total. The summed E-state index contributed by atoms with van der Waals surface area (Å²) >= 11 is 0. The van der Waals surface area contributed by atoms with E-state index >= 15 is 0 Å². The Morgan fingerprint density at radius 1 is 1.09 bits per heavy atom. The number of rotatable bonds is 7. The third-order valence-corrected chi connectivity index (χ3v) is 4.12. The number of nitrogens with zero attached hydrogens (tertiary/aromatic N) is 1. The average molecular weight is 303 g/mol. The predicted octanol–water partition coefficient (Wildman–Crippen LogP) is 4.37. The summed E-state index contributed by atoms with van der Waals surface area (Å²) in [6.07, 6.45) is 10.6. The van der Waals surface area contributed by atoms with Gasteiger partial charge in [0.1, 0.15) is 0 Å². The van der Waals surface area contributed by atoms with Crippen molar-refractivity contribution in [3.05, 3.63) is 29.8 Å². The lowest BCUT2D eigenvalue weighted by molar-refractivity contribution is 0.235. The summed E-state index contributed by atoms with van der Waals surface area (Å²) in [6.45, 7) is 6.40. The van der Waals surface area contributed by atoms with Crippen molar-refractivity contribution in [3.8, 4) is 11.5 Å². The molecule has 0 aliphatic carbocycles. The first kappa shape index (κ1) is 16.9. The highest BCUT2D eigenvalue weighted by atomic mass is 16.5. The first-order valence-electron chi connectivity index (χ1n) is 8.49. The highest BCUT2D eigenvalue weighted by Crippen LogP contribution is 2.28. The van der Waals surface area contributed by atoms with E-state index in [0.717, 1.165) is 36.6 Å². The molecule has 0 unspecified atom stereocenters. The minimum Gasteiger partial charge on any atom is -0.493 e. The van der Waals surface area contributed by atoms with Crippen LogP contribution >= 0.6 is 0 Å². The normalized spacial score (nSPS) is 16.6. The van der Waals surface area contributed by atoms with Crippen molar-refractivity contribution < 1.29 is 9.47 Å². The molecule has 0 radical (unpaired) electrons. The fourth-order valence-corrected chi connectivity index (χ4v) is 2.93. The number of methoxy groups -OCH3 is 1. The highest BCUT2D eigenvalue weighted by molar-refractivity contribution is 5.55. The highest BCUT2D eigenvalue weighted by Gasteiger charge is 2.09. The Balaban J connectivity index is 1.78. The van der Waals surface area contributed by atoms with Crippen molar-refractivity contribution >= 4 is 6.08 Å². The number of ether oxygens (including phenoxy) is 2. The van der Waals surface area contributed by atoms with Gasteiger partial charge in [0.25, 0.3) is 0 Å². The molecule has 1 aromatic carbocycles. The van der Waals surface area contributed by atoms with Crippen LogP contribution in [0.25, 0.3) is 6.08 Å². The van der Waals surface area contributed by atoms with Gasteiger partial charge in [0, 0.05) is 6.54 Å². The van der Waals surface area contributed by atoms with Crippen molar-refractivity contribution in [1.29, 1.82) is 0 Å². The topological polar surface area (TPSA) is 21.7 Å². The minimum absolute atomic E-state index is 0.746. The van der Waals surface area contributed by atoms with E-state index in [-0.39, 0.29) is 0 Å². The number of hydrogen-bond donors (Lipinski definition) is 0. The second kappa shape index (κ2) is 9.52. The van der Waals surface area contributed by atoms with Gasteiger partial charge in [-0.15, -0.1) is 0 Å². The Bertz CT molecular complexity index is 463. The van der Waals surface area contributed by atoms with Crippen LogP contribution in [-0.2, 0) is 0 Å². The fourth-order valence-electron chi connectivity index (χ4n) is 2.93. The van der Waals surface area contributed by atoms with Crippen LogP contribution in [0.4, 0.5) is 0 Å². The van der Waals surface area contributed by atoms with Crippen LogP contribution in [0.1, 0.15) is 44.6 Å². The van der Waals surface area contributed by atoms with Gasteiger partial charge in [-0.25, -0.2) is 0 Å². The number of allylic oxidation sites excluding steroid dienone is 1. The Morgan fingerprint density at radius 2 is 1.86 bits per heavy atom. The van der Waals surface area contributed by atoms with Gasteiger partial charge in [0.15, 0.2) is 11.5 Å². The standard InChI is InChI=1S/C19H29NO2/c1-3-9-17-10-11-18(19(16-17)21-2)22-15-8-14-20-12-6-4-5-7-13-20/h3,9-11,16H,4-8,12-15H2,1-2H3. The van der Waals surface area contributed by atoms with E-state index in [9.17, 15) is 0 Å². The lowest BCUT2D eigenvalue weighted by atomic mass is 10.2. The molecule has 0 atom stereocenters. The summed E-state index contributed by atoms with van der Waals surface area (Å²) in [5.74, 6) is 1.65. The van der Waals surface area contributed by atoms with Gasteiger partial charge in [-0.2, -0.15) is 0 Å². The molecule has 3 heteroatoms. The zero-order chi connectivity index (χ0) is 15.6. The number of hydrogen-bond acceptors (Lipinski definition) is 3. The third-order valence-electron chi connectivity index (χ3n) is 4.12. The van der Waals surface area contributed by atoms with E-state index in [1.165, 1.54) is 38.8 Å². The van der Waals surface area contributed by atoms with Crippen molar-refractivity contribution in [3.63, 3.8) is 0 Å². The van der Waals surface area contributed by atoms with Crippen LogP contribution < -0.4 is 9.47 Å². The molecule has 0 saturated carbocycles. The Labute approximate surface area is 134 Å². The van der Waals surface area contributed by atoms with Crippen LogP contribution in [-0.4, -0.2) is 38.3 Å². The van der Waals surface area contributed by atoms with E-state index in [0.29, 0.717) is 0 Å². The molecule has 0 aromatic heterocycles. The maximum absolute atomic E-state index is 5.91. The van der Waals surface area contributed by atoms with E-state index in [4.69, 9.17) is 9.47 Å². The molecule has 2 rings (SSSR count). The SMILES string of the molecule is CC=Cc1ccc(OCCCN2CCCCCC2)c(OC)c1. The lowest BCUT2D eigenvalue weighted by Crippen LogP contribution is -2.26. The molecule has 0 bridgehead atoms. The monoisotopic (exact) mass is 303 g/mol. The molecular formula is C19H29NO2. The number of benzene rings is 1. The maximum Gasteiger partial charge on any atom is 0.161 e. The van der Waals surface area contributed by atoms with Crippen LogP contribution in [0.15, 0.2) is 24.3 Å². The summed E-state index contributed by atoms with van der Waals surface area (Å²) in [5, 5.41) is 0. The van der Waals surface area contributed by atoms with Gasteiger partial charge in [-0.05, 0) is 57.0 Å². The summed E-state index contributed by atoms with van der Waals surface area (Å²) < 4.78 is 11.3. The summed E-state index contributed by atoms with van der Waals surface area (Å²) in [4.78, 5) is 2.57. The summed E-state index contributed by atoms with van der Waals surface area (Å²) in [6, 6.07) is 6.08. The first-order valence-corrected chi connectivity index (χ1v) is 8.49. The Kier molecular flexibility index (Phi) is 7.31. The molecule has 1 aromatic rings. The Hall–Kier alpha value is -1.48. The van der Waals surface area contributed by atoms with Gasteiger partial charge in [-0.3, -0.25) is 0 Å². The second-order valence-electron chi connectivity index (χ2n) is 5.87. The molecule has 1 saturated heterocycles. The number of likely N-dealkylation sites (tertiary alicyclic amines) is 1. The van der Waals surface area contributed by atoms with Crippen molar-refractivity contribution in [2.45, 2.75) is 39.0 Å². The molecule has 1 heterocycles. The summed E-state index contributed by atoms with van der Waals surface area (Å²) in [7, 11) is 1.69. The molecule has 1 fully saturated rings. The van der Waals surface area contributed by atoms with Gasteiger partial charge in [-0.1, -0.05) is 31.1 Å². The van der Waals surface area contributed by atoms with Crippen LogP contribution in [0.5, 0.6) is 11.5 Å². The van der Waals surface area contributed by atoms with Crippen LogP contribution in [0.3, 0.4) is 0 Å². The molecule has 1 aliphatic heterocycles. The van der Waals surface area contributed by atoms with Gasteiger partial charge in [0.2, 0.25) is 0 Å². The van der Waals surface area contributed by atoms with Crippen molar-refractivity contribution in [1.82, 2.24) is 4.90 Å². The maximum atomic E-state index is 5.91. The van der Waals surface area contributed by atoms with E-state index < -0.39 is 0 Å². The molecule has 0 spiro atoms. The van der Waals surface area contributed by atoms with Gasteiger partial charge in [0.05, 0.1) is 13.7 Å². The zero-order valence-corrected chi connectivity index (χ0v) is 14.0. The average Bonchev–Trinajstić information content (AvgIpc) is 2.81. The molecule has 22 heavy (non-hydrogen) atoms. The first-order chi connectivity index (χ1) is 10.8. The van der Waals surface area contributed by atoms with Crippen molar-refractivity contribution in [2.24, 2.45) is 0 Å². The lowest BCUT2D eigenvalue weighted by Gasteiger charge is -2.19. The third kappa shape index (κ3) is 5.38. The smallest absolute Gasteiger partial charge is 0.161 e. The van der Waals surface area contributed by atoms with E-state index in [1.807, 2.05) is 25.1 Å². The molecule has 122 valence electrons. The minimum atomic E-state index is 0.746. The molecule has 0 N–H and O–H groups in total. The quantitative estimate of drug-likeness (QED) is 0.698. The van der Waals surface area contributed by atoms with Gasteiger partial charge < -0.3 is 14.4 Å². The van der Waals surface area contributed by atoms with E-state index in [2.05, 4.69) is 17.0 Å². The largest absolute Gasteiger partial charge is 0.493 e. The molecule has 0 amide bonds. The second-order valence-corrected chi connectivity index (χ2v) is 5.87. The van der Waals surface area contributed by atoms with Crippen molar-refractivity contribution in [2.75, 3.05) is 33.4 Å². The zero-order valence-electron chi connectivity index (χ0n) is 14.0. The fraction of sp³-hybridized carbons (Fsp3) is 0.579. The van der Waals surface area contributed by atoms with Crippen LogP contribution in [0, 0.1) is 0 Å². The molecular weight excluding hydrogens is 274 g/mol. The predicted molar refractivity (Wildman–Crippen MR) is 92.7 cm³/mol. The summed E-state index contributed by atoms with van der Waals surface area (Å²) in [5.41, 5.74) is 1.14. The molecule has 1 aliphatic rings. The van der Waals surface area contributed by atoms with Gasteiger partial charge >= 0.3 is 0 Å².